The van der Waals surface area contributed by atoms with E-state index in [1.54, 1.807) is 0 Å². The van der Waals surface area contributed by atoms with Gasteiger partial charge in [0.05, 0.1) is 25.9 Å². The number of hydrogen-bond acceptors (Lipinski definition) is 3. The van der Waals surface area contributed by atoms with E-state index < -0.39 is 0 Å². The van der Waals surface area contributed by atoms with Crippen LogP contribution in [0.1, 0.15) is 19.3 Å². The van der Waals surface area contributed by atoms with E-state index in [1.165, 1.54) is 0 Å². The Bertz CT molecular complexity index is 152. The van der Waals surface area contributed by atoms with Crippen LogP contribution in [0.15, 0.2) is 0 Å². The van der Waals surface area contributed by atoms with Gasteiger partial charge in [-0.2, -0.15) is 0 Å². The largest absolute Gasteiger partial charge is 0.381 e. The fraction of sp³-hybridized carbons (Fsp3) is 0.889. The van der Waals surface area contributed by atoms with Gasteiger partial charge in [0.25, 0.3) is 0 Å². The molecule has 0 aliphatic carbocycles. The molecule has 2 aliphatic rings. The molecule has 2 aliphatic heterocycles. The fourth-order valence-electron chi connectivity index (χ4n) is 1.68. The van der Waals surface area contributed by atoms with E-state index in [2.05, 4.69) is 0 Å². The Kier molecular flexibility index (Phi) is 2.35. The minimum absolute atomic E-state index is 0.0862. The molecular weight excluding hydrogens is 156 g/mol. The number of hydrogen-bond donors (Lipinski definition) is 0. The van der Waals surface area contributed by atoms with E-state index in [9.17, 15) is 0 Å². The summed E-state index contributed by atoms with van der Waals surface area (Å²) in [6.07, 6.45) is 2.30. The van der Waals surface area contributed by atoms with Crippen LogP contribution in [0.5, 0.6) is 0 Å². The van der Waals surface area contributed by atoms with Crippen molar-refractivity contribution in [3.8, 4) is 0 Å². The molecule has 0 aromatic rings. The molecule has 0 saturated carbocycles. The van der Waals surface area contributed by atoms with Gasteiger partial charge in [-0.3, -0.25) is 0 Å². The Morgan fingerprint density at radius 3 is 2.67 bits per heavy atom. The summed E-state index contributed by atoms with van der Waals surface area (Å²) in [4.78, 5) is 0. The topological polar surface area (TPSA) is 27.7 Å². The van der Waals surface area contributed by atoms with Gasteiger partial charge in [0.2, 0.25) is 0 Å². The summed E-state index contributed by atoms with van der Waals surface area (Å²) in [6.45, 7) is 7.59. The van der Waals surface area contributed by atoms with Crippen molar-refractivity contribution in [1.82, 2.24) is 0 Å². The average molecular weight is 170 g/mol. The molecule has 1 unspecified atom stereocenters. The van der Waals surface area contributed by atoms with Crippen molar-refractivity contribution in [2.45, 2.75) is 31.2 Å². The monoisotopic (exact) mass is 170 g/mol. The van der Waals surface area contributed by atoms with Gasteiger partial charge in [0, 0.05) is 12.8 Å². The van der Waals surface area contributed by atoms with Crippen LogP contribution < -0.4 is 0 Å². The van der Waals surface area contributed by atoms with Crippen molar-refractivity contribution in [3.05, 3.63) is 6.92 Å². The minimum Gasteiger partial charge on any atom is -0.381 e. The molecule has 3 heteroatoms. The highest BCUT2D eigenvalue weighted by Gasteiger charge is 2.41. The molecule has 2 rings (SSSR count). The number of ether oxygens (including phenoxy) is 3. The maximum Gasteiger partial charge on any atom is 0.173 e. The van der Waals surface area contributed by atoms with Gasteiger partial charge in [-0.15, -0.1) is 0 Å². The first-order valence-electron chi connectivity index (χ1n) is 4.44. The van der Waals surface area contributed by atoms with Crippen molar-refractivity contribution >= 4 is 0 Å². The lowest BCUT2D eigenvalue weighted by molar-refractivity contribution is -0.210. The van der Waals surface area contributed by atoms with Crippen molar-refractivity contribution < 1.29 is 14.2 Å². The molecule has 3 nitrogen and oxygen atoms in total. The van der Waals surface area contributed by atoms with Crippen LogP contribution in [0.4, 0.5) is 0 Å². The van der Waals surface area contributed by atoms with Crippen LogP contribution in [0.3, 0.4) is 0 Å². The van der Waals surface area contributed by atoms with Gasteiger partial charge in [0.15, 0.2) is 5.79 Å². The third-order valence-corrected chi connectivity index (χ3v) is 2.43. The second-order valence-electron chi connectivity index (χ2n) is 3.31. The molecule has 0 amide bonds. The van der Waals surface area contributed by atoms with Gasteiger partial charge >= 0.3 is 0 Å². The van der Waals surface area contributed by atoms with E-state index in [1.807, 2.05) is 0 Å². The molecule has 2 radical (unpaired) electrons. The highest BCUT2D eigenvalue weighted by atomic mass is 16.7. The van der Waals surface area contributed by atoms with Gasteiger partial charge < -0.3 is 14.2 Å². The summed E-state index contributed by atoms with van der Waals surface area (Å²) in [7, 11) is 0. The summed E-state index contributed by atoms with van der Waals surface area (Å²) in [6, 6.07) is 0. The zero-order valence-corrected chi connectivity index (χ0v) is 7.12. The lowest BCUT2D eigenvalue weighted by Crippen LogP contribution is -2.37. The first kappa shape index (κ1) is 8.48. The van der Waals surface area contributed by atoms with Crippen LogP contribution in [-0.4, -0.2) is 31.7 Å². The third-order valence-electron chi connectivity index (χ3n) is 2.43. The van der Waals surface area contributed by atoms with E-state index >= 15 is 0 Å². The highest BCUT2D eigenvalue weighted by molar-refractivity contribution is 4.81. The first-order chi connectivity index (χ1) is 5.85. The zero-order chi connectivity index (χ0) is 8.44. The predicted molar refractivity (Wildman–Crippen MR) is 42.5 cm³/mol. The van der Waals surface area contributed by atoms with Gasteiger partial charge in [0.1, 0.15) is 0 Å². The van der Waals surface area contributed by atoms with Crippen LogP contribution in [-0.2, 0) is 14.2 Å². The van der Waals surface area contributed by atoms with Crippen molar-refractivity contribution in [2.24, 2.45) is 0 Å². The summed E-state index contributed by atoms with van der Waals surface area (Å²) in [5.41, 5.74) is 0. The molecule has 2 saturated heterocycles. The summed E-state index contributed by atoms with van der Waals surface area (Å²) in [5.74, 6) is -0.359. The van der Waals surface area contributed by atoms with Crippen LogP contribution in [0.25, 0.3) is 0 Å². The molecule has 1 spiro atoms. The van der Waals surface area contributed by atoms with Crippen molar-refractivity contribution in [2.75, 3.05) is 19.8 Å². The highest BCUT2D eigenvalue weighted by Crippen LogP contribution is 2.33. The molecule has 0 aromatic carbocycles. The standard InChI is InChI=1S/C9H14O3/c1-2-8-7-11-9(12-8)3-5-10-6-4-9/h1,8H,2-7H2. The minimum atomic E-state index is -0.359. The van der Waals surface area contributed by atoms with Gasteiger partial charge in [-0.05, 0) is 13.3 Å². The Morgan fingerprint density at radius 2 is 2.08 bits per heavy atom. The predicted octanol–water partition coefficient (Wildman–Crippen LogP) is 1.01. The fourth-order valence-corrected chi connectivity index (χ4v) is 1.68. The van der Waals surface area contributed by atoms with E-state index in [0.29, 0.717) is 13.0 Å². The van der Waals surface area contributed by atoms with Gasteiger partial charge in [-0.25, -0.2) is 0 Å². The van der Waals surface area contributed by atoms with Gasteiger partial charge in [-0.1, -0.05) is 0 Å². The van der Waals surface area contributed by atoms with Crippen LogP contribution >= 0.6 is 0 Å². The van der Waals surface area contributed by atoms with E-state index in [0.717, 1.165) is 26.1 Å². The maximum atomic E-state index is 5.71. The lowest BCUT2D eigenvalue weighted by atomic mass is 10.1. The van der Waals surface area contributed by atoms with Crippen molar-refractivity contribution in [1.29, 1.82) is 0 Å². The van der Waals surface area contributed by atoms with Crippen LogP contribution in [0, 0.1) is 6.92 Å². The molecule has 68 valence electrons. The second-order valence-corrected chi connectivity index (χ2v) is 3.31. The summed E-state index contributed by atoms with van der Waals surface area (Å²) >= 11 is 0. The third kappa shape index (κ3) is 1.49. The molecule has 0 aromatic heterocycles. The molecular formula is C9H14O3. The average Bonchev–Trinajstić information content (AvgIpc) is 2.50. The smallest absolute Gasteiger partial charge is 0.173 e. The van der Waals surface area contributed by atoms with E-state index in [4.69, 9.17) is 21.1 Å². The molecule has 12 heavy (non-hydrogen) atoms. The molecule has 1 atom stereocenters. The van der Waals surface area contributed by atoms with E-state index in [-0.39, 0.29) is 11.9 Å². The zero-order valence-electron chi connectivity index (χ0n) is 7.12. The Hall–Kier alpha value is -0.120. The van der Waals surface area contributed by atoms with Crippen molar-refractivity contribution in [3.63, 3.8) is 0 Å². The normalized spacial score (nSPS) is 34.2. The maximum absolute atomic E-state index is 5.71. The lowest BCUT2D eigenvalue weighted by Gasteiger charge is -2.31. The quantitative estimate of drug-likeness (QED) is 0.587. The molecule has 0 bridgehead atoms. The second kappa shape index (κ2) is 3.32. The SMILES string of the molecule is [CH]CC1COC2(CCOCC2)O1. The van der Waals surface area contributed by atoms with Crippen LogP contribution in [0.2, 0.25) is 0 Å². The molecule has 2 heterocycles. The Labute approximate surface area is 73.0 Å². The molecule has 2 fully saturated rings. The first-order valence-corrected chi connectivity index (χ1v) is 4.44. The Balaban J connectivity index is 1.94. The molecule has 0 N–H and O–H groups in total. The summed E-state index contributed by atoms with van der Waals surface area (Å²) < 4.78 is 16.5. The Morgan fingerprint density at radius 1 is 1.33 bits per heavy atom. The number of rotatable bonds is 1. The summed E-state index contributed by atoms with van der Waals surface area (Å²) in [5, 5.41) is 0.